The average molecular weight is 467 g/mol. The number of para-hydroxylation sites is 2. The van der Waals surface area contributed by atoms with E-state index in [9.17, 15) is 4.79 Å². The number of carbonyl (C=O) groups is 1. The molecule has 34 heavy (non-hydrogen) atoms. The fourth-order valence-electron chi connectivity index (χ4n) is 4.02. The van der Waals surface area contributed by atoms with Crippen molar-refractivity contribution in [1.82, 2.24) is 14.4 Å². The van der Waals surface area contributed by atoms with E-state index in [0.717, 1.165) is 27.9 Å². The molecule has 1 amide bonds. The largest absolute Gasteiger partial charge is 0.397 e. The number of hydrogen-bond donors (Lipinski definition) is 3. The van der Waals surface area contributed by atoms with Crippen molar-refractivity contribution in [2.75, 3.05) is 16.4 Å². The van der Waals surface area contributed by atoms with E-state index in [1.807, 2.05) is 41.9 Å². The topological polar surface area (TPSA) is 97.3 Å². The molecule has 1 fully saturated rings. The number of nitrogens with two attached hydrogens (primary N) is 1. The minimum Gasteiger partial charge on any atom is -0.397 e. The average Bonchev–Trinajstić information content (AvgIpc) is 3.45. The number of nitrogens with zero attached hydrogens (tertiary/aromatic N) is 3. The van der Waals surface area contributed by atoms with Crippen LogP contribution < -0.4 is 16.4 Å². The SMILES string of the molecule is Nc1ccccc1NC(=O)c1ccc(Nc2nc(-c3cnc4cccc(C5CC5)n34)cs2)cc1. The number of imidazole rings is 1. The highest BCUT2D eigenvalue weighted by atomic mass is 32.1. The van der Waals surface area contributed by atoms with Gasteiger partial charge in [0.1, 0.15) is 11.3 Å². The Bertz CT molecular complexity index is 1500. The van der Waals surface area contributed by atoms with Gasteiger partial charge in [-0.3, -0.25) is 9.20 Å². The lowest BCUT2D eigenvalue weighted by Crippen LogP contribution is -2.13. The van der Waals surface area contributed by atoms with Crippen molar-refractivity contribution < 1.29 is 4.79 Å². The molecule has 0 atom stereocenters. The molecular formula is C26H22N6OS. The van der Waals surface area contributed by atoms with Gasteiger partial charge in [-0.1, -0.05) is 18.2 Å². The van der Waals surface area contributed by atoms with E-state index in [-0.39, 0.29) is 5.91 Å². The van der Waals surface area contributed by atoms with Gasteiger partial charge >= 0.3 is 0 Å². The molecule has 0 radical (unpaired) electrons. The maximum Gasteiger partial charge on any atom is 0.255 e. The van der Waals surface area contributed by atoms with Crippen LogP contribution in [0.5, 0.6) is 0 Å². The monoisotopic (exact) mass is 466 g/mol. The molecular weight excluding hydrogens is 444 g/mol. The second-order valence-corrected chi connectivity index (χ2v) is 9.20. The lowest BCUT2D eigenvalue weighted by atomic mass is 10.2. The fourth-order valence-corrected chi connectivity index (χ4v) is 4.75. The number of aromatic nitrogens is 3. The molecule has 0 bridgehead atoms. The predicted molar refractivity (Wildman–Crippen MR) is 137 cm³/mol. The van der Waals surface area contributed by atoms with E-state index >= 15 is 0 Å². The number of hydrogen-bond acceptors (Lipinski definition) is 6. The van der Waals surface area contributed by atoms with Crippen LogP contribution in [0.4, 0.5) is 22.2 Å². The summed E-state index contributed by atoms with van der Waals surface area (Å²) in [5.74, 6) is 0.405. The first-order chi connectivity index (χ1) is 16.7. The number of amides is 1. The maximum atomic E-state index is 12.6. The molecule has 4 N–H and O–H groups in total. The molecule has 1 saturated carbocycles. The van der Waals surface area contributed by atoms with Crippen molar-refractivity contribution >= 4 is 45.1 Å². The minimum atomic E-state index is -0.208. The second-order valence-electron chi connectivity index (χ2n) is 8.34. The Morgan fingerprint density at radius 3 is 2.65 bits per heavy atom. The van der Waals surface area contributed by atoms with Crippen LogP contribution in [0.25, 0.3) is 17.0 Å². The molecule has 6 rings (SSSR count). The van der Waals surface area contributed by atoms with E-state index in [2.05, 4.69) is 32.2 Å². The molecule has 2 aromatic carbocycles. The van der Waals surface area contributed by atoms with E-state index in [0.29, 0.717) is 22.9 Å². The molecule has 0 saturated heterocycles. The summed E-state index contributed by atoms with van der Waals surface area (Å²) in [6.45, 7) is 0. The van der Waals surface area contributed by atoms with E-state index < -0.39 is 0 Å². The third kappa shape index (κ3) is 3.88. The van der Waals surface area contributed by atoms with E-state index in [1.54, 1.807) is 24.3 Å². The summed E-state index contributed by atoms with van der Waals surface area (Å²) >= 11 is 1.54. The van der Waals surface area contributed by atoms with Crippen molar-refractivity contribution in [2.24, 2.45) is 0 Å². The highest BCUT2D eigenvalue weighted by molar-refractivity contribution is 7.14. The van der Waals surface area contributed by atoms with Crippen molar-refractivity contribution in [1.29, 1.82) is 0 Å². The standard InChI is InChI=1S/C26H22N6OS/c27-19-4-1-2-5-20(19)30-25(33)17-10-12-18(13-11-17)29-26-31-21(15-34-26)23-14-28-24-7-3-6-22(32(23)24)16-8-9-16/h1-7,10-16H,8-9,27H2,(H,29,31)(H,30,33). The molecule has 7 nitrogen and oxygen atoms in total. The van der Waals surface area contributed by atoms with Crippen LogP contribution in [0.1, 0.15) is 34.8 Å². The summed E-state index contributed by atoms with van der Waals surface area (Å²) in [5.41, 5.74) is 12.6. The second kappa shape index (κ2) is 8.31. The smallest absolute Gasteiger partial charge is 0.255 e. The molecule has 0 unspecified atom stereocenters. The Morgan fingerprint density at radius 2 is 1.85 bits per heavy atom. The summed E-state index contributed by atoms with van der Waals surface area (Å²) in [4.78, 5) is 21.9. The van der Waals surface area contributed by atoms with Crippen LogP contribution in [-0.4, -0.2) is 20.3 Å². The lowest BCUT2D eigenvalue weighted by molar-refractivity contribution is 0.102. The Morgan fingerprint density at radius 1 is 1.03 bits per heavy atom. The third-order valence-electron chi connectivity index (χ3n) is 5.93. The zero-order valence-corrected chi connectivity index (χ0v) is 19.0. The molecule has 0 spiro atoms. The minimum absolute atomic E-state index is 0.208. The normalized spacial score (nSPS) is 13.2. The summed E-state index contributed by atoms with van der Waals surface area (Å²) in [6, 6.07) is 20.8. The zero-order chi connectivity index (χ0) is 23.1. The van der Waals surface area contributed by atoms with Gasteiger partial charge < -0.3 is 16.4 Å². The van der Waals surface area contributed by atoms with Crippen molar-refractivity contribution in [3.05, 3.63) is 89.6 Å². The van der Waals surface area contributed by atoms with Crippen LogP contribution in [0.2, 0.25) is 0 Å². The highest BCUT2D eigenvalue weighted by Crippen LogP contribution is 2.41. The Labute approximate surface area is 200 Å². The highest BCUT2D eigenvalue weighted by Gasteiger charge is 2.27. The molecule has 168 valence electrons. The van der Waals surface area contributed by atoms with E-state index in [4.69, 9.17) is 10.7 Å². The van der Waals surface area contributed by atoms with Gasteiger partial charge in [-0.15, -0.1) is 11.3 Å². The first-order valence-electron chi connectivity index (χ1n) is 11.1. The number of benzene rings is 2. The first kappa shape index (κ1) is 20.4. The van der Waals surface area contributed by atoms with Gasteiger partial charge in [-0.05, 0) is 67.3 Å². The van der Waals surface area contributed by atoms with Gasteiger partial charge in [0, 0.05) is 22.3 Å². The number of nitrogen functional groups attached to an aromatic ring is 1. The lowest BCUT2D eigenvalue weighted by Gasteiger charge is -2.09. The predicted octanol–water partition coefficient (Wildman–Crippen LogP) is 5.91. The number of anilines is 4. The number of rotatable bonds is 6. The Hall–Kier alpha value is -4.17. The summed E-state index contributed by atoms with van der Waals surface area (Å²) < 4.78 is 2.23. The van der Waals surface area contributed by atoms with Crippen LogP contribution in [0.3, 0.4) is 0 Å². The van der Waals surface area contributed by atoms with Gasteiger partial charge in [0.05, 0.1) is 23.3 Å². The molecule has 3 aromatic heterocycles. The Kier molecular flexibility index (Phi) is 5.00. The fraction of sp³-hybridized carbons (Fsp3) is 0.115. The van der Waals surface area contributed by atoms with Crippen molar-refractivity contribution in [3.8, 4) is 11.4 Å². The molecule has 3 heterocycles. The van der Waals surface area contributed by atoms with E-state index in [1.165, 1.54) is 29.9 Å². The Balaban J connectivity index is 1.19. The zero-order valence-electron chi connectivity index (χ0n) is 18.2. The number of fused-ring (bicyclic) bond motifs is 1. The molecule has 5 aromatic rings. The van der Waals surface area contributed by atoms with Crippen LogP contribution in [0, 0.1) is 0 Å². The van der Waals surface area contributed by atoms with Gasteiger partial charge in [0.2, 0.25) is 0 Å². The summed E-state index contributed by atoms with van der Waals surface area (Å²) in [7, 11) is 0. The number of nitrogens with one attached hydrogen (secondary N) is 2. The van der Waals surface area contributed by atoms with Crippen LogP contribution >= 0.6 is 11.3 Å². The van der Waals surface area contributed by atoms with Crippen LogP contribution in [-0.2, 0) is 0 Å². The quantitative estimate of drug-likeness (QED) is 0.270. The number of pyridine rings is 1. The summed E-state index contributed by atoms with van der Waals surface area (Å²) in [5, 5.41) is 9.00. The molecule has 8 heteroatoms. The first-order valence-corrected chi connectivity index (χ1v) is 12.0. The van der Waals surface area contributed by atoms with Gasteiger partial charge in [-0.25, -0.2) is 9.97 Å². The molecule has 0 aliphatic heterocycles. The van der Waals surface area contributed by atoms with Crippen LogP contribution in [0.15, 0.2) is 78.3 Å². The summed E-state index contributed by atoms with van der Waals surface area (Å²) in [6.07, 6.45) is 4.35. The van der Waals surface area contributed by atoms with Gasteiger partial charge in [0.15, 0.2) is 5.13 Å². The van der Waals surface area contributed by atoms with Gasteiger partial charge in [-0.2, -0.15) is 0 Å². The molecule has 1 aliphatic carbocycles. The maximum absolute atomic E-state index is 12.6. The number of carbonyl (C=O) groups excluding carboxylic acids is 1. The van der Waals surface area contributed by atoms with Crippen molar-refractivity contribution in [2.45, 2.75) is 18.8 Å². The number of thiazole rings is 1. The van der Waals surface area contributed by atoms with Gasteiger partial charge in [0.25, 0.3) is 5.91 Å². The third-order valence-corrected chi connectivity index (χ3v) is 6.69. The molecule has 1 aliphatic rings. The van der Waals surface area contributed by atoms with Crippen molar-refractivity contribution in [3.63, 3.8) is 0 Å².